The number of nitrogens with zero attached hydrogens (tertiary/aromatic N) is 1. The van der Waals surface area contributed by atoms with Crippen LogP contribution < -0.4 is 10.1 Å². The van der Waals surface area contributed by atoms with E-state index in [1.807, 2.05) is 30.3 Å². The van der Waals surface area contributed by atoms with Crippen LogP contribution >= 0.6 is 0 Å². The van der Waals surface area contributed by atoms with Gasteiger partial charge >= 0.3 is 0 Å². The van der Waals surface area contributed by atoms with Crippen molar-refractivity contribution in [3.8, 4) is 17.6 Å². The van der Waals surface area contributed by atoms with Crippen LogP contribution in [-0.2, 0) is 4.79 Å². The first-order valence-corrected chi connectivity index (χ1v) is 5.94. The molecule has 0 fully saturated rings. The minimum atomic E-state index is -0.0894. The Bertz CT molecular complexity index is 636. The predicted octanol–water partition coefficient (Wildman–Crippen LogP) is 1.75. The zero-order valence-electron chi connectivity index (χ0n) is 10.6. The lowest BCUT2D eigenvalue weighted by atomic mass is 10.2. The average molecular weight is 254 g/mol. The number of rotatable bonds is 3. The summed E-state index contributed by atoms with van der Waals surface area (Å²) in [7, 11) is 0. The van der Waals surface area contributed by atoms with Crippen molar-refractivity contribution in [1.82, 2.24) is 10.3 Å². The van der Waals surface area contributed by atoms with Crippen molar-refractivity contribution in [1.29, 1.82) is 0 Å². The van der Waals surface area contributed by atoms with Gasteiger partial charge in [-0.25, -0.2) is 0 Å². The number of pyridine rings is 1. The number of carbonyl (C=O) groups is 1. The number of aromatic nitrogens is 1. The molecule has 0 aliphatic carbocycles. The summed E-state index contributed by atoms with van der Waals surface area (Å²) in [5.41, 5.74) is 0.827. The molecule has 19 heavy (non-hydrogen) atoms. The molecule has 1 N–H and O–H groups in total. The second-order valence-corrected chi connectivity index (χ2v) is 3.88. The molecule has 0 unspecified atom stereocenters. The van der Waals surface area contributed by atoms with Gasteiger partial charge in [0.25, 0.3) is 0 Å². The molecule has 1 heterocycles. The topological polar surface area (TPSA) is 51.2 Å². The maximum atomic E-state index is 10.6. The van der Waals surface area contributed by atoms with Crippen LogP contribution in [0.15, 0.2) is 36.5 Å². The zero-order valence-corrected chi connectivity index (χ0v) is 10.6. The highest BCUT2D eigenvalue weighted by molar-refractivity contribution is 5.84. The number of benzene rings is 1. The van der Waals surface area contributed by atoms with Gasteiger partial charge in [-0.15, -0.1) is 0 Å². The third-order valence-corrected chi connectivity index (χ3v) is 2.45. The molecule has 0 aliphatic rings. The molecular formula is C15H14N2O2. The molecule has 2 rings (SSSR count). The van der Waals surface area contributed by atoms with E-state index in [1.54, 1.807) is 6.20 Å². The van der Waals surface area contributed by atoms with Gasteiger partial charge in [0.15, 0.2) is 0 Å². The van der Waals surface area contributed by atoms with Gasteiger partial charge in [0, 0.05) is 18.5 Å². The summed E-state index contributed by atoms with van der Waals surface area (Å²) in [6.07, 6.45) is 1.73. The van der Waals surface area contributed by atoms with Crippen LogP contribution in [0.2, 0.25) is 0 Å². The third-order valence-electron chi connectivity index (χ3n) is 2.45. The molecule has 0 saturated heterocycles. The van der Waals surface area contributed by atoms with Crippen molar-refractivity contribution in [2.24, 2.45) is 0 Å². The van der Waals surface area contributed by atoms with Crippen LogP contribution in [0, 0.1) is 11.8 Å². The first-order chi connectivity index (χ1) is 9.27. The fraction of sp³-hybridized carbons (Fsp3) is 0.200. The van der Waals surface area contributed by atoms with Gasteiger partial charge < -0.3 is 10.1 Å². The Balaban J connectivity index is 1.96. The molecule has 96 valence electrons. The van der Waals surface area contributed by atoms with Crippen LogP contribution in [0.1, 0.15) is 6.92 Å². The summed E-state index contributed by atoms with van der Waals surface area (Å²) >= 11 is 0. The fourth-order valence-corrected chi connectivity index (χ4v) is 1.59. The Morgan fingerprint density at radius 1 is 1.32 bits per heavy atom. The molecule has 0 aliphatic heterocycles. The van der Waals surface area contributed by atoms with Crippen LogP contribution in [0.25, 0.3) is 10.9 Å². The fourth-order valence-electron chi connectivity index (χ4n) is 1.59. The number of ether oxygens (including phenoxy) is 1. The van der Waals surface area contributed by atoms with Gasteiger partial charge in [-0.1, -0.05) is 30.0 Å². The van der Waals surface area contributed by atoms with E-state index < -0.39 is 0 Å². The minimum absolute atomic E-state index is 0.0894. The summed E-state index contributed by atoms with van der Waals surface area (Å²) < 4.78 is 5.58. The Hall–Kier alpha value is -2.54. The van der Waals surface area contributed by atoms with Gasteiger partial charge in [0.2, 0.25) is 5.91 Å². The molecule has 0 atom stereocenters. The van der Waals surface area contributed by atoms with E-state index >= 15 is 0 Å². The molecule has 1 aromatic heterocycles. The smallest absolute Gasteiger partial charge is 0.217 e. The molecule has 4 nitrogen and oxygen atoms in total. The number of carbonyl (C=O) groups excluding carboxylic acids is 1. The highest BCUT2D eigenvalue weighted by Crippen LogP contribution is 2.22. The van der Waals surface area contributed by atoms with Crippen molar-refractivity contribution < 1.29 is 9.53 Å². The van der Waals surface area contributed by atoms with Gasteiger partial charge in [-0.3, -0.25) is 9.78 Å². The largest absolute Gasteiger partial charge is 0.479 e. The summed E-state index contributed by atoms with van der Waals surface area (Å²) in [6, 6.07) is 9.64. The molecule has 2 aromatic rings. The maximum absolute atomic E-state index is 10.6. The third kappa shape index (κ3) is 3.71. The van der Waals surface area contributed by atoms with Crippen molar-refractivity contribution in [3.05, 3.63) is 36.5 Å². The summed E-state index contributed by atoms with van der Waals surface area (Å²) in [6.45, 7) is 2.07. The van der Waals surface area contributed by atoms with Gasteiger partial charge in [0.1, 0.15) is 17.9 Å². The van der Waals surface area contributed by atoms with E-state index in [-0.39, 0.29) is 12.5 Å². The molecule has 4 heteroatoms. The normalized spacial score (nSPS) is 9.53. The first-order valence-electron chi connectivity index (χ1n) is 5.94. The number of amides is 1. The van der Waals surface area contributed by atoms with E-state index in [0.29, 0.717) is 12.3 Å². The number of hydrogen-bond donors (Lipinski definition) is 1. The second-order valence-electron chi connectivity index (χ2n) is 3.88. The lowest BCUT2D eigenvalue weighted by Gasteiger charge is -2.05. The van der Waals surface area contributed by atoms with Crippen molar-refractivity contribution in [2.45, 2.75) is 6.92 Å². The Morgan fingerprint density at radius 3 is 3.00 bits per heavy atom. The van der Waals surface area contributed by atoms with E-state index in [4.69, 9.17) is 4.74 Å². The van der Waals surface area contributed by atoms with Crippen molar-refractivity contribution in [3.63, 3.8) is 0 Å². The lowest BCUT2D eigenvalue weighted by molar-refractivity contribution is -0.118. The summed E-state index contributed by atoms with van der Waals surface area (Å²) in [4.78, 5) is 14.9. The quantitative estimate of drug-likeness (QED) is 0.849. The van der Waals surface area contributed by atoms with Crippen LogP contribution in [0.3, 0.4) is 0 Å². The molecule has 0 radical (unpaired) electrons. The number of fused-ring (bicyclic) bond motifs is 1. The van der Waals surface area contributed by atoms with Crippen LogP contribution in [0.5, 0.6) is 5.75 Å². The van der Waals surface area contributed by atoms with E-state index in [9.17, 15) is 4.79 Å². The summed E-state index contributed by atoms with van der Waals surface area (Å²) in [5, 5.41) is 3.63. The Kier molecular flexibility index (Phi) is 4.35. The predicted molar refractivity (Wildman–Crippen MR) is 73.7 cm³/mol. The lowest BCUT2D eigenvalue weighted by Crippen LogP contribution is -2.19. The minimum Gasteiger partial charge on any atom is -0.479 e. The Labute approximate surface area is 111 Å². The first kappa shape index (κ1) is 12.9. The number of hydrogen-bond acceptors (Lipinski definition) is 3. The highest BCUT2D eigenvalue weighted by Gasteiger charge is 2.00. The van der Waals surface area contributed by atoms with Gasteiger partial charge in [0.05, 0.1) is 6.54 Å². The van der Waals surface area contributed by atoms with Gasteiger partial charge in [-0.05, 0) is 12.1 Å². The number of nitrogens with one attached hydrogen (secondary N) is 1. The SMILES string of the molecule is CC(=O)NCC#CCOc1cccc2cccnc12. The Morgan fingerprint density at radius 2 is 2.16 bits per heavy atom. The van der Waals surface area contributed by atoms with E-state index in [1.165, 1.54) is 6.92 Å². The molecule has 0 spiro atoms. The monoisotopic (exact) mass is 254 g/mol. The van der Waals surface area contributed by atoms with Crippen molar-refractivity contribution >= 4 is 16.8 Å². The molecular weight excluding hydrogens is 240 g/mol. The average Bonchev–Trinajstić information content (AvgIpc) is 2.42. The van der Waals surface area contributed by atoms with Gasteiger partial charge in [-0.2, -0.15) is 0 Å². The zero-order chi connectivity index (χ0) is 13.5. The van der Waals surface area contributed by atoms with E-state index in [2.05, 4.69) is 22.1 Å². The number of para-hydroxylation sites is 1. The van der Waals surface area contributed by atoms with Crippen molar-refractivity contribution in [2.75, 3.05) is 13.2 Å². The molecule has 0 bridgehead atoms. The molecule has 1 amide bonds. The summed E-state index contributed by atoms with van der Waals surface area (Å²) in [5.74, 6) is 6.27. The van der Waals surface area contributed by atoms with Crippen LogP contribution in [-0.4, -0.2) is 24.0 Å². The van der Waals surface area contributed by atoms with E-state index in [0.717, 1.165) is 10.9 Å². The molecule has 0 saturated carbocycles. The highest BCUT2D eigenvalue weighted by atomic mass is 16.5. The second kappa shape index (κ2) is 6.41. The molecule has 1 aromatic carbocycles. The maximum Gasteiger partial charge on any atom is 0.217 e. The standard InChI is InChI=1S/C15H14N2O2/c1-12(18)16-9-2-3-11-19-14-8-4-6-13-7-5-10-17-15(13)14/h4-8,10H,9,11H2,1H3,(H,16,18). The van der Waals surface area contributed by atoms with Crippen LogP contribution in [0.4, 0.5) is 0 Å².